The molecule has 0 spiro atoms. The van der Waals surface area contributed by atoms with Gasteiger partial charge in [0.1, 0.15) is 5.75 Å². The Balaban J connectivity index is 2.90. The van der Waals surface area contributed by atoms with Gasteiger partial charge in [-0.25, -0.2) is 0 Å². The van der Waals surface area contributed by atoms with Crippen LogP contribution in [0.5, 0.6) is 5.75 Å². The lowest BCUT2D eigenvalue weighted by Gasteiger charge is -2.03. The predicted molar refractivity (Wildman–Crippen MR) is 50.3 cm³/mol. The van der Waals surface area contributed by atoms with E-state index in [9.17, 15) is 5.11 Å². The maximum Gasteiger partial charge on any atom is 0.120 e. The van der Waals surface area contributed by atoms with Crippen LogP contribution < -0.4 is 0 Å². The summed E-state index contributed by atoms with van der Waals surface area (Å²) in [5, 5.41) is 9.94. The Morgan fingerprint density at radius 1 is 1.50 bits per heavy atom. The topological polar surface area (TPSA) is 20.2 Å². The summed E-state index contributed by atoms with van der Waals surface area (Å²) in [6.07, 6.45) is 6.32. The zero-order valence-electron chi connectivity index (χ0n) is 6.55. The van der Waals surface area contributed by atoms with Gasteiger partial charge in [0.25, 0.3) is 0 Å². The second-order valence-corrected chi connectivity index (χ2v) is 2.85. The fraction of sp³-hybridized carbons (Fsp3) is 0.200. The molecule has 0 aliphatic carbocycles. The minimum Gasteiger partial charge on any atom is -0.508 e. The van der Waals surface area contributed by atoms with Crippen LogP contribution in [0, 0.1) is 12.3 Å². The number of hydrogen-bond donors (Lipinski definition) is 1. The molecule has 2 heteroatoms. The highest BCUT2D eigenvalue weighted by Gasteiger charge is 2.03. The molecule has 1 rings (SSSR count). The Hall–Kier alpha value is -1.13. The Morgan fingerprint density at radius 3 is 2.83 bits per heavy atom. The van der Waals surface area contributed by atoms with E-state index < -0.39 is 0 Å². The molecule has 1 aromatic rings. The van der Waals surface area contributed by atoms with E-state index in [2.05, 4.69) is 5.92 Å². The third-order valence-corrected chi connectivity index (χ3v) is 1.97. The summed E-state index contributed by atoms with van der Waals surface area (Å²) >= 11 is 5.84. The van der Waals surface area contributed by atoms with E-state index in [1.54, 1.807) is 18.2 Å². The molecule has 12 heavy (non-hydrogen) atoms. The number of hydrogen-bond acceptors (Lipinski definition) is 1. The first-order chi connectivity index (χ1) is 5.75. The van der Waals surface area contributed by atoms with Crippen LogP contribution in [0.4, 0.5) is 0 Å². The third kappa shape index (κ3) is 1.93. The van der Waals surface area contributed by atoms with Crippen LogP contribution in [0.1, 0.15) is 12.0 Å². The molecule has 0 bridgehead atoms. The quantitative estimate of drug-likeness (QED) is 0.694. The fourth-order valence-corrected chi connectivity index (χ4v) is 1.26. The van der Waals surface area contributed by atoms with Gasteiger partial charge in [0, 0.05) is 17.0 Å². The van der Waals surface area contributed by atoms with E-state index >= 15 is 0 Å². The zero-order valence-corrected chi connectivity index (χ0v) is 7.30. The average Bonchev–Trinajstić information content (AvgIpc) is 2.04. The minimum atomic E-state index is 0.220. The maximum atomic E-state index is 9.36. The highest BCUT2D eigenvalue weighted by atomic mass is 35.5. The second kappa shape index (κ2) is 4.04. The number of benzene rings is 1. The molecule has 1 aromatic carbocycles. The molecule has 0 aromatic heterocycles. The molecule has 0 amide bonds. The van der Waals surface area contributed by atoms with Crippen molar-refractivity contribution in [2.75, 3.05) is 0 Å². The smallest absolute Gasteiger partial charge is 0.120 e. The number of aromatic hydroxyl groups is 1. The Kier molecular flexibility index (Phi) is 3.01. The van der Waals surface area contributed by atoms with E-state index in [0.29, 0.717) is 17.9 Å². The first-order valence-corrected chi connectivity index (χ1v) is 4.03. The van der Waals surface area contributed by atoms with Gasteiger partial charge in [-0.15, -0.1) is 12.3 Å². The summed E-state index contributed by atoms with van der Waals surface area (Å²) in [6.45, 7) is 0. The van der Waals surface area contributed by atoms with Crippen molar-refractivity contribution in [1.82, 2.24) is 0 Å². The largest absolute Gasteiger partial charge is 0.508 e. The lowest BCUT2D eigenvalue weighted by molar-refractivity contribution is 0.468. The highest BCUT2D eigenvalue weighted by molar-refractivity contribution is 6.31. The molecule has 0 heterocycles. The van der Waals surface area contributed by atoms with Crippen LogP contribution in [0.2, 0.25) is 5.02 Å². The predicted octanol–water partition coefficient (Wildman–Crippen LogP) is 2.61. The molecule has 1 nitrogen and oxygen atoms in total. The summed E-state index contributed by atoms with van der Waals surface area (Å²) < 4.78 is 0. The van der Waals surface area contributed by atoms with Crippen LogP contribution in [-0.4, -0.2) is 5.11 Å². The van der Waals surface area contributed by atoms with E-state index in [4.69, 9.17) is 18.0 Å². The van der Waals surface area contributed by atoms with Gasteiger partial charge in [0.05, 0.1) is 0 Å². The molecule has 0 atom stereocenters. The third-order valence-electron chi connectivity index (χ3n) is 1.61. The van der Waals surface area contributed by atoms with Crippen molar-refractivity contribution in [3.63, 3.8) is 0 Å². The molecule has 0 saturated carbocycles. The van der Waals surface area contributed by atoms with Crippen molar-refractivity contribution in [3.05, 3.63) is 28.8 Å². The van der Waals surface area contributed by atoms with Crippen LogP contribution >= 0.6 is 11.6 Å². The number of phenolic OH excluding ortho intramolecular Hbond substituents is 1. The van der Waals surface area contributed by atoms with Gasteiger partial charge in [0.15, 0.2) is 0 Å². The summed E-state index contributed by atoms with van der Waals surface area (Å²) in [5.41, 5.74) is 0.733. The number of phenols is 1. The standard InChI is InChI=1S/C10H9ClO/c1-2-3-5-8-9(11)6-4-7-10(8)12/h1,4,6-7,12H,3,5H2. The van der Waals surface area contributed by atoms with Crippen LogP contribution in [0.25, 0.3) is 0 Å². The molecule has 0 saturated heterocycles. The van der Waals surface area contributed by atoms with Crippen LogP contribution in [0.15, 0.2) is 18.2 Å². The van der Waals surface area contributed by atoms with Gasteiger partial charge in [-0.05, 0) is 18.6 Å². The van der Waals surface area contributed by atoms with Crippen LogP contribution in [0.3, 0.4) is 0 Å². The van der Waals surface area contributed by atoms with E-state index in [0.717, 1.165) is 5.56 Å². The molecule has 0 radical (unpaired) electrons. The normalized spacial score (nSPS) is 9.33. The molecule has 0 fully saturated rings. The Morgan fingerprint density at radius 2 is 2.25 bits per heavy atom. The van der Waals surface area contributed by atoms with Crippen molar-refractivity contribution in [3.8, 4) is 18.1 Å². The second-order valence-electron chi connectivity index (χ2n) is 2.44. The molecular formula is C10H9ClO. The summed E-state index contributed by atoms with van der Waals surface area (Å²) in [5.74, 6) is 2.72. The SMILES string of the molecule is C#CCCc1c(O)cccc1Cl. The fourth-order valence-electron chi connectivity index (χ4n) is 0.992. The summed E-state index contributed by atoms with van der Waals surface area (Å²) in [4.78, 5) is 0. The van der Waals surface area contributed by atoms with Gasteiger partial charge in [-0.3, -0.25) is 0 Å². The van der Waals surface area contributed by atoms with Crippen molar-refractivity contribution < 1.29 is 5.11 Å². The van der Waals surface area contributed by atoms with Gasteiger partial charge in [-0.2, -0.15) is 0 Å². The highest BCUT2D eigenvalue weighted by Crippen LogP contribution is 2.25. The Labute approximate surface area is 77.0 Å². The summed E-state index contributed by atoms with van der Waals surface area (Å²) in [7, 11) is 0. The van der Waals surface area contributed by atoms with Gasteiger partial charge < -0.3 is 5.11 Å². The molecular weight excluding hydrogens is 172 g/mol. The van der Waals surface area contributed by atoms with Crippen molar-refractivity contribution in [2.24, 2.45) is 0 Å². The van der Waals surface area contributed by atoms with Gasteiger partial charge >= 0.3 is 0 Å². The van der Waals surface area contributed by atoms with Crippen molar-refractivity contribution >= 4 is 11.6 Å². The van der Waals surface area contributed by atoms with Crippen molar-refractivity contribution in [1.29, 1.82) is 0 Å². The summed E-state index contributed by atoms with van der Waals surface area (Å²) in [6, 6.07) is 5.06. The number of halogens is 1. The monoisotopic (exact) mass is 180 g/mol. The first kappa shape index (κ1) is 8.96. The number of rotatable bonds is 2. The van der Waals surface area contributed by atoms with Gasteiger partial charge in [-0.1, -0.05) is 17.7 Å². The van der Waals surface area contributed by atoms with Crippen molar-refractivity contribution in [2.45, 2.75) is 12.8 Å². The molecule has 0 unspecified atom stereocenters. The molecule has 0 aliphatic rings. The van der Waals surface area contributed by atoms with Gasteiger partial charge in [0.2, 0.25) is 0 Å². The number of terminal acetylenes is 1. The maximum absolute atomic E-state index is 9.36. The van der Waals surface area contributed by atoms with E-state index in [1.807, 2.05) is 0 Å². The van der Waals surface area contributed by atoms with E-state index in [1.165, 1.54) is 0 Å². The minimum absolute atomic E-state index is 0.220. The first-order valence-electron chi connectivity index (χ1n) is 3.65. The lowest BCUT2D eigenvalue weighted by Crippen LogP contribution is -1.85. The molecule has 0 aliphatic heterocycles. The Bertz CT molecular complexity index is 292. The van der Waals surface area contributed by atoms with Crippen LogP contribution in [-0.2, 0) is 6.42 Å². The zero-order chi connectivity index (χ0) is 8.97. The average molecular weight is 181 g/mol. The molecule has 1 N–H and O–H groups in total. The van der Waals surface area contributed by atoms with E-state index in [-0.39, 0.29) is 5.75 Å². The lowest BCUT2D eigenvalue weighted by atomic mass is 10.1. The molecule has 62 valence electrons.